The van der Waals surface area contributed by atoms with Crippen LogP contribution in [0, 0.1) is 6.92 Å². The molecule has 0 amide bonds. The van der Waals surface area contributed by atoms with Crippen molar-refractivity contribution in [3.63, 3.8) is 0 Å². The molecule has 1 heterocycles. The minimum atomic E-state index is -3.66. The van der Waals surface area contributed by atoms with Gasteiger partial charge in [0, 0.05) is 11.4 Å². The molecule has 0 aliphatic carbocycles. The van der Waals surface area contributed by atoms with Crippen molar-refractivity contribution < 1.29 is 13.5 Å². The Balaban J connectivity index is 2.01. The molecule has 0 fully saturated rings. The Morgan fingerprint density at radius 2 is 1.57 bits per heavy atom. The van der Waals surface area contributed by atoms with Gasteiger partial charge in [-0.1, -0.05) is 18.2 Å². The first kappa shape index (κ1) is 15.2. The molecule has 0 unspecified atom stereocenters. The molecular weight excluding hydrogens is 312 g/mol. The van der Waals surface area contributed by atoms with E-state index in [0.29, 0.717) is 5.82 Å². The van der Waals surface area contributed by atoms with E-state index in [2.05, 4.69) is 4.72 Å². The van der Waals surface area contributed by atoms with E-state index >= 15 is 0 Å². The largest absolute Gasteiger partial charge is 0.508 e. The molecule has 1 aromatic heterocycles. The minimum Gasteiger partial charge on any atom is -0.508 e. The minimum absolute atomic E-state index is 0.157. The lowest BCUT2D eigenvalue weighted by atomic mass is 10.3. The zero-order valence-corrected chi connectivity index (χ0v) is 13.3. The standard InChI is InChI=1S/C17H16N2O3S/c1-13-7-12-17(19(13)14-8-10-15(20)11-9-14)18-23(21,22)16-5-3-2-4-6-16/h2-12,18,20H,1H3. The van der Waals surface area contributed by atoms with Crippen molar-refractivity contribution in [2.24, 2.45) is 0 Å². The maximum absolute atomic E-state index is 12.5. The topological polar surface area (TPSA) is 71.3 Å². The summed E-state index contributed by atoms with van der Waals surface area (Å²) < 4.78 is 29.4. The van der Waals surface area contributed by atoms with Crippen molar-refractivity contribution in [2.45, 2.75) is 11.8 Å². The second kappa shape index (κ2) is 5.81. The number of hydrogen-bond acceptors (Lipinski definition) is 3. The van der Waals surface area contributed by atoms with Crippen molar-refractivity contribution in [1.82, 2.24) is 4.57 Å². The Bertz CT molecular complexity index is 914. The molecule has 0 atom stereocenters. The van der Waals surface area contributed by atoms with E-state index in [4.69, 9.17) is 0 Å². The maximum atomic E-state index is 12.5. The number of aromatic nitrogens is 1. The summed E-state index contributed by atoms with van der Waals surface area (Å²) in [4.78, 5) is 0.205. The molecule has 118 valence electrons. The lowest BCUT2D eigenvalue weighted by Crippen LogP contribution is -2.15. The highest BCUT2D eigenvalue weighted by Gasteiger charge is 2.17. The maximum Gasteiger partial charge on any atom is 0.263 e. The number of anilines is 1. The van der Waals surface area contributed by atoms with E-state index in [0.717, 1.165) is 11.4 Å². The van der Waals surface area contributed by atoms with Crippen molar-refractivity contribution >= 4 is 15.8 Å². The van der Waals surface area contributed by atoms with Crippen LogP contribution in [0.3, 0.4) is 0 Å². The lowest BCUT2D eigenvalue weighted by molar-refractivity contribution is 0.475. The highest BCUT2D eigenvalue weighted by atomic mass is 32.2. The molecule has 0 spiro atoms. The van der Waals surface area contributed by atoms with Crippen LogP contribution in [0.5, 0.6) is 5.75 Å². The zero-order chi connectivity index (χ0) is 16.4. The molecule has 6 heteroatoms. The average molecular weight is 328 g/mol. The second-order valence-corrected chi connectivity index (χ2v) is 6.81. The smallest absolute Gasteiger partial charge is 0.263 e. The van der Waals surface area contributed by atoms with E-state index < -0.39 is 10.0 Å². The molecule has 0 bridgehead atoms. The first-order valence-corrected chi connectivity index (χ1v) is 8.51. The third-order valence-corrected chi connectivity index (χ3v) is 4.85. The summed E-state index contributed by atoms with van der Waals surface area (Å²) in [6, 6.07) is 18.3. The third-order valence-electron chi connectivity index (χ3n) is 3.48. The molecule has 0 aliphatic heterocycles. The summed E-state index contributed by atoms with van der Waals surface area (Å²) in [6.45, 7) is 1.88. The van der Waals surface area contributed by atoms with Crippen LogP contribution in [0.2, 0.25) is 0 Å². The van der Waals surface area contributed by atoms with Gasteiger partial charge in [0.1, 0.15) is 11.6 Å². The van der Waals surface area contributed by atoms with Gasteiger partial charge in [0.2, 0.25) is 0 Å². The lowest BCUT2D eigenvalue weighted by Gasteiger charge is -2.14. The zero-order valence-electron chi connectivity index (χ0n) is 12.5. The fourth-order valence-electron chi connectivity index (χ4n) is 2.36. The van der Waals surface area contributed by atoms with Crippen LogP contribution in [-0.2, 0) is 10.0 Å². The molecule has 0 saturated heterocycles. The van der Waals surface area contributed by atoms with Crippen molar-refractivity contribution in [1.29, 1.82) is 0 Å². The Hall–Kier alpha value is -2.73. The van der Waals surface area contributed by atoms with E-state index in [1.165, 1.54) is 0 Å². The van der Waals surface area contributed by atoms with E-state index in [-0.39, 0.29) is 10.6 Å². The van der Waals surface area contributed by atoms with Gasteiger partial charge in [0.05, 0.1) is 4.90 Å². The molecule has 0 aliphatic rings. The Morgan fingerprint density at radius 3 is 2.22 bits per heavy atom. The van der Waals surface area contributed by atoms with Crippen molar-refractivity contribution in [2.75, 3.05) is 4.72 Å². The molecular formula is C17H16N2O3S. The number of benzene rings is 2. The number of phenolic OH excluding ortho intramolecular Hbond substituents is 1. The van der Waals surface area contributed by atoms with Gasteiger partial charge in [-0.2, -0.15) is 0 Å². The number of sulfonamides is 1. The summed E-state index contributed by atoms with van der Waals surface area (Å²) in [7, 11) is -3.66. The van der Waals surface area contributed by atoms with Crippen LogP contribution in [0.4, 0.5) is 5.82 Å². The fourth-order valence-corrected chi connectivity index (χ4v) is 3.43. The first-order valence-electron chi connectivity index (χ1n) is 7.03. The van der Waals surface area contributed by atoms with Crippen molar-refractivity contribution in [3.8, 4) is 11.4 Å². The summed E-state index contributed by atoms with van der Waals surface area (Å²) in [5, 5.41) is 9.41. The van der Waals surface area contributed by atoms with Crippen LogP contribution in [0.1, 0.15) is 5.69 Å². The number of nitrogens with zero attached hydrogens (tertiary/aromatic N) is 1. The van der Waals surface area contributed by atoms with Crippen molar-refractivity contribution in [3.05, 3.63) is 72.4 Å². The van der Waals surface area contributed by atoms with Gasteiger partial charge < -0.3 is 9.67 Å². The van der Waals surface area contributed by atoms with E-state index in [9.17, 15) is 13.5 Å². The molecule has 2 N–H and O–H groups in total. The van der Waals surface area contributed by atoms with E-state index in [1.54, 1.807) is 65.2 Å². The van der Waals surface area contributed by atoms with Crippen LogP contribution in [0.25, 0.3) is 5.69 Å². The Labute approximate surface area is 134 Å². The van der Waals surface area contributed by atoms with Crippen LogP contribution in [-0.4, -0.2) is 18.1 Å². The number of aromatic hydroxyl groups is 1. The van der Waals surface area contributed by atoms with Gasteiger partial charge >= 0.3 is 0 Å². The summed E-state index contributed by atoms with van der Waals surface area (Å²) in [6.07, 6.45) is 0. The number of hydrogen-bond donors (Lipinski definition) is 2. The molecule has 0 radical (unpaired) electrons. The third kappa shape index (κ3) is 3.07. The van der Waals surface area contributed by atoms with Gasteiger partial charge in [-0.05, 0) is 55.5 Å². The molecule has 3 rings (SSSR count). The monoisotopic (exact) mass is 328 g/mol. The second-order valence-electron chi connectivity index (χ2n) is 5.13. The number of aryl methyl sites for hydroxylation is 1. The van der Waals surface area contributed by atoms with Gasteiger partial charge in [0.25, 0.3) is 10.0 Å². The molecule has 23 heavy (non-hydrogen) atoms. The van der Waals surface area contributed by atoms with E-state index in [1.807, 2.05) is 13.0 Å². The SMILES string of the molecule is Cc1ccc(NS(=O)(=O)c2ccccc2)n1-c1ccc(O)cc1. The van der Waals surface area contributed by atoms with Crippen LogP contribution in [0.15, 0.2) is 71.6 Å². The number of nitrogens with one attached hydrogen (secondary N) is 1. The number of rotatable bonds is 4. The predicted molar refractivity (Wildman–Crippen MR) is 89.4 cm³/mol. The normalized spacial score (nSPS) is 11.3. The fraction of sp³-hybridized carbons (Fsp3) is 0.0588. The summed E-state index contributed by atoms with van der Waals surface area (Å²) >= 11 is 0. The average Bonchev–Trinajstić information content (AvgIpc) is 2.89. The first-order chi connectivity index (χ1) is 11.0. The molecule has 5 nitrogen and oxygen atoms in total. The molecule has 0 saturated carbocycles. The van der Waals surface area contributed by atoms with Gasteiger partial charge in [0.15, 0.2) is 0 Å². The highest BCUT2D eigenvalue weighted by Crippen LogP contribution is 2.24. The number of phenols is 1. The Kier molecular flexibility index (Phi) is 3.83. The van der Waals surface area contributed by atoms with Gasteiger partial charge in [-0.15, -0.1) is 0 Å². The van der Waals surface area contributed by atoms with Crippen LogP contribution < -0.4 is 4.72 Å². The summed E-state index contributed by atoms with van der Waals surface area (Å²) in [5.74, 6) is 0.599. The van der Waals surface area contributed by atoms with Gasteiger partial charge in [-0.3, -0.25) is 4.72 Å². The quantitative estimate of drug-likeness (QED) is 0.772. The van der Waals surface area contributed by atoms with Crippen LogP contribution >= 0.6 is 0 Å². The molecule has 2 aromatic carbocycles. The molecule has 3 aromatic rings. The predicted octanol–water partition coefficient (Wildman–Crippen LogP) is 3.29. The highest BCUT2D eigenvalue weighted by molar-refractivity contribution is 7.92. The summed E-state index contributed by atoms with van der Waals surface area (Å²) in [5.41, 5.74) is 1.64. The van der Waals surface area contributed by atoms with Gasteiger partial charge in [-0.25, -0.2) is 8.42 Å². The Morgan fingerprint density at radius 1 is 0.913 bits per heavy atom.